The molecule has 0 aliphatic heterocycles. The Bertz CT molecular complexity index is 475. The number of rotatable bonds is 1. The summed E-state index contributed by atoms with van der Waals surface area (Å²) in [5, 5.41) is 8.75. The normalized spacial score (nSPS) is 10.5. The molecule has 0 atom stereocenters. The van der Waals surface area contributed by atoms with E-state index in [1.807, 2.05) is 0 Å². The number of nitrogens with zero attached hydrogens (tertiary/aromatic N) is 2. The van der Waals surface area contributed by atoms with Gasteiger partial charge in [0.1, 0.15) is 5.52 Å². The van der Waals surface area contributed by atoms with E-state index in [0.717, 1.165) is 5.56 Å². The SMILES string of the molecule is Cc1cnc(C(=O)O)c2ncoc12. The van der Waals surface area contributed by atoms with Crippen molar-refractivity contribution >= 4 is 17.1 Å². The maximum Gasteiger partial charge on any atom is 0.356 e. The number of hydrogen-bond donors (Lipinski definition) is 1. The van der Waals surface area contributed by atoms with Gasteiger partial charge in [-0.05, 0) is 6.92 Å². The molecule has 0 aliphatic rings. The second kappa shape index (κ2) is 2.55. The molecule has 0 bridgehead atoms. The van der Waals surface area contributed by atoms with E-state index in [1.165, 1.54) is 12.6 Å². The molecule has 0 amide bonds. The minimum absolute atomic E-state index is 0.0747. The summed E-state index contributed by atoms with van der Waals surface area (Å²) in [7, 11) is 0. The van der Waals surface area contributed by atoms with Crippen LogP contribution in [0.4, 0.5) is 0 Å². The Hall–Kier alpha value is -1.91. The highest BCUT2D eigenvalue weighted by atomic mass is 16.4. The lowest BCUT2D eigenvalue weighted by molar-refractivity contribution is 0.0692. The van der Waals surface area contributed by atoms with Crippen LogP contribution in [0.2, 0.25) is 0 Å². The molecule has 0 fully saturated rings. The molecule has 0 unspecified atom stereocenters. The van der Waals surface area contributed by atoms with Crippen LogP contribution in [0.5, 0.6) is 0 Å². The summed E-state index contributed by atoms with van der Waals surface area (Å²) in [6.45, 7) is 1.78. The topological polar surface area (TPSA) is 76.2 Å². The van der Waals surface area contributed by atoms with Crippen LogP contribution < -0.4 is 0 Å². The van der Waals surface area contributed by atoms with Crippen LogP contribution in [0.25, 0.3) is 11.1 Å². The van der Waals surface area contributed by atoms with Gasteiger partial charge in [-0.15, -0.1) is 0 Å². The van der Waals surface area contributed by atoms with Crippen molar-refractivity contribution < 1.29 is 14.3 Å². The predicted molar refractivity (Wildman–Crippen MR) is 43.5 cm³/mol. The van der Waals surface area contributed by atoms with E-state index < -0.39 is 5.97 Å². The highest BCUT2D eigenvalue weighted by Crippen LogP contribution is 2.18. The van der Waals surface area contributed by atoms with Crippen LogP contribution in [0.15, 0.2) is 17.0 Å². The number of aromatic nitrogens is 2. The van der Waals surface area contributed by atoms with E-state index >= 15 is 0 Å². The fraction of sp³-hybridized carbons (Fsp3) is 0.125. The van der Waals surface area contributed by atoms with Gasteiger partial charge in [0.05, 0.1) is 0 Å². The monoisotopic (exact) mass is 178 g/mol. The van der Waals surface area contributed by atoms with Gasteiger partial charge < -0.3 is 9.52 Å². The van der Waals surface area contributed by atoms with Gasteiger partial charge in [0.15, 0.2) is 17.7 Å². The molecule has 0 spiro atoms. The highest BCUT2D eigenvalue weighted by molar-refractivity contribution is 5.98. The van der Waals surface area contributed by atoms with E-state index in [9.17, 15) is 4.79 Å². The number of carboxylic acids is 1. The van der Waals surface area contributed by atoms with Gasteiger partial charge >= 0.3 is 5.97 Å². The van der Waals surface area contributed by atoms with Crippen molar-refractivity contribution in [1.82, 2.24) is 9.97 Å². The van der Waals surface area contributed by atoms with Gasteiger partial charge in [0.25, 0.3) is 0 Å². The number of aromatic carboxylic acids is 1. The molecular formula is C8H6N2O3. The largest absolute Gasteiger partial charge is 0.476 e. The molecule has 13 heavy (non-hydrogen) atoms. The molecule has 66 valence electrons. The first kappa shape index (κ1) is 7.72. The number of carbonyl (C=O) groups is 1. The standard InChI is InChI=1S/C8H6N2O3/c1-4-2-9-6(8(11)12)5-7(4)13-3-10-5/h2-3H,1H3,(H,11,12). The first-order chi connectivity index (χ1) is 6.20. The van der Waals surface area contributed by atoms with Gasteiger partial charge in [-0.2, -0.15) is 0 Å². The average Bonchev–Trinajstić information content (AvgIpc) is 2.53. The lowest BCUT2D eigenvalue weighted by Crippen LogP contribution is -2.01. The molecular weight excluding hydrogens is 172 g/mol. The number of oxazole rings is 1. The van der Waals surface area contributed by atoms with E-state index in [-0.39, 0.29) is 5.69 Å². The first-order valence-electron chi connectivity index (χ1n) is 3.62. The van der Waals surface area contributed by atoms with Crippen molar-refractivity contribution in [2.24, 2.45) is 0 Å². The predicted octanol–water partition coefficient (Wildman–Crippen LogP) is 1.23. The average molecular weight is 178 g/mol. The number of pyridine rings is 1. The van der Waals surface area contributed by atoms with Crippen molar-refractivity contribution in [2.75, 3.05) is 0 Å². The Morgan fingerprint density at radius 2 is 2.31 bits per heavy atom. The fourth-order valence-corrected chi connectivity index (χ4v) is 1.13. The summed E-state index contributed by atoms with van der Waals surface area (Å²) >= 11 is 0. The van der Waals surface area contributed by atoms with Crippen molar-refractivity contribution in [1.29, 1.82) is 0 Å². The lowest BCUT2D eigenvalue weighted by Gasteiger charge is -1.95. The Balaban J connectivity index is 2.86. The van der Waals surface area contributed by atoms with Crippen LogP contribution in [-0.4, -0.2) is 21.0 Å². The van der Waals surface area contributed by atoms with Crippen LogP contribution in [0.3, 0.4) is 0 Å². The number of carboxylic acid groups (broad SMARTS) is 1. The highest BCUT2D eigenvalue weighted by Gasteiger charge is 2.14. The summed E-state index contributed by atoms with van der Waals surface area (Å²) in [6.07, 6.45) is 2.67. The van der Waals surface area contributed by atoms with Crippen molar-refractivity contribution in [3.8, 4) is 0 Å². The third kappa shape index (κ3) is 1.05. The van der Waals surface area contributed by atoms with Gasteiger partial charge in [0, 0.05) is 11.8 Å². The lowest BCUT2D eigenvalue weighted by atomic mass is 10.2. The zero-order valence-corrected chi connectivity index (χ0v) is 6.81. The molecule has 0 aliphatic carbocycles. The Labute approximate surface area is 73.0 Å². The first-order valence-corrected chi connectivity index (χ1v) is 3.62. The molecule has 0 radical (unpaired) electrons. The number of fused-ring (bicyclic) bond motifs is 1. The molecule has 0 saturated carbocycles. The molecule has 2 aromatic heterocycles. The van der Waals surface area contributed by atoms with E-state index in [1.54, 1.807) is 6.92 Å². The third-order valence-electron chi connectivity index (χ3n) is 1.74. The molecule has 0 saturated heterocycles. The number of hydrogen-bond acceptors (Lipinski definition) is 4. The van der Waals surface area contributed by atoms with Gasteiger partial charge in [-0.1, -0.05) is 0 Å². The fourth-order valence-electron chi connectivity index (χ4n) is 1.13. The van der Waals surface area contributed by atoms with Crippen molar-refractivity contribution in [3.63, 3.8) is 0 Å². The Kier molecular flexibility index (Phi) is 1.51. The molecule has 1 N–H and O–H groups in total. The quantitative estimate of drug-likeness (QED) is 0.710. The van der Waals surface area contributed by atoms with Crippen molar-refractivity contribution in [3.05, 3.63) is 23.8 Å². The van der Waals surface area contributed by atoms with Crippen LogP contribution in [-0.2, 0) is 0 Å². The second-order valence-electron chi connectivity index (χ2n) is 2.63. The third-order valence-corrected chi connectivity index (χ3v) is 1.74. The van der Waals surface area contributed by atoms with Crippen LogP contribution >= 0.6 is 0 Å². The summed E-state index contributed by atoms with van der Waals surface area (Å²) in [4.78, 5) is 18.2. The maximum atomic E-state index is 10.7. The molecule has 5 nitrogen and oxygen atoms in total. The summed E-state index contributed by atoms with van der Waals surface area (Å²) < 4.78 is 5.03. The minimum atomic E-state index is -1.10. The smallest absolute Gasteiger partial charge is 0.356 e. The van der Waals surface area contributed by atoms with Gasteiger partial charge in [-0.3, -0.25) is 0 Å². The minimum Gasteiger partial charge on any atom is -0.476 e. The Morgan fingerprint density at radius 1 is 1.54 bits per heavy atom. The van der Waals surface area contributed by atoms with Crippen molar-refractivity contribution in [2.45, 2.75) is 6.92 Å². The van der Waals surface area contributed by atoms with E-state index in [2.05, 4.69) is 9.97 Å². The summed E-state index contributed by atoms with van der Waals surface area (Å²) in [5.74, 6) is -1.10. The Morgan fingerprint density at radius 3 is 3.00 bits per heavy atom. The molecule has 2 heterocycles. The summed E-state index contributed by atoms with van der Waals surface area (Å²) in [5.41, 5.74) is 1.48. The zero-order chi connectivity index (χ0) is 9.42. The molecule has 0 aromatic carbocycles. The number of aryl methyl sites for hydroxylation is 1. The van der Waals surface area contributed by atoms with Crippen LogP contribution in [0, 0.1) is 6.92 Å². The van der Waals surface area contributed by atoms with E-state index in [4.69, 9.17) is 9.52 Å². The van der Waals surface area contributed by atoms with Crippen LogP contribution in [0.1, 0.15) is 16.1 Å². The van der Waals surface area contributed by atoms with Gasteiger partial charge in [-0.25, -0.2) is 14.8 Å². The summed E-state index contributed by atoms with van der Waals surface area (Å²) in [6, 6.07) is 0. The van der Waals surface area contributed by atoms with Gasteiger partial charge in [0.2, 0.25) is 0 Å². The van der Waals surface area contributed by atoms with E-state index in [0.29, 0.717) is 11.1 Å². The molecule has 5 heteroatoms. The molecule has 2 rings (SSSR count). The second-order valence-corrected chi connectivity index (χ2v) is 2.63. The zero-order valence-electron chi connectivity index (χ0n) is 6.81. The maximum absolute atomic E-state index is 10.7. The molecule has 2 aromatic rings.